The van der Waals surface area contributed by atoms with Crippen LogP contribution in [0.15, 0.2) is 94.9 Å². The van der Waals surface area contributed by atoms with Crippen LogP contribution in [0.2, 0.25) is 0 Å². The number of aromatic nitrogens is 1. The zero-order valence-electron chi connectivity index (χ0n) is 16.4. The van der Waals surface area contributed by atoms with Crippen LogP contribution in [0, 0.1) is 0 Å². The predicted molar refractivity (Wildman–Crippen MR) is 124 cm³/mol. The Bertz CT molecular complexity index is 1350. The van der Waals surface area contributed by atoms with E-state index in [0.29, 0.717) is 4.80 Å². The fourth-order valence-electron chi connectivity index (χ4n) is 3.53. The van der Waals surface area contributed by atoms with E-state index in [1.54, 1.807) is 4.57 Å². The summed E-state index contributed by atoms with van der Waals surface area (Å²) in [6.07, 6.45) is 2.01. The molecule has 0 saturated heterocycles. The van der Waals surface area contributed by atoms with Crippen LogP contribution in [0.1, 0.15) is 17.4 Å². The van der Waals surface area contributed by atoms with E-state index in [4.69, 9.17) is 4.99 Å². The van der Waals surface area contributed by atoms with Crippen LogP contribution in [0.25, 0.3) is 17.3 Å². The third kappa shape index (κ3) is 3.29. The zero-order valence-corrected chi connectivity index (χ0v) is 17.2. The summed E-state index contributed by atoms with van der Waals surface area (Å²) < 4.78 is 1.79. The molecule has 0 spiro atoms. The number of nitrogens with zero attached hydrogens (tertiary/aromatic N) is 3. The lowest BCUT2D eigenvalue weighted by Gasteiger charge is -2.05. The second-order valence-electron chi connectivity index (χ2n) is 6.96. The van der Waals surface area contributed by atoms with E-state index in [0.717, 1.165) is 38.8 Å². The first-order chi connectivity index (χ1) is 14.7. The molecule has 0 fully saturated rings. The van der Waals surface area contributed by atoms with E-state index in [-0.39, 0.29) is 5.88 Å². The molecule has 1 N–H and O–H groups in total. The summed E-state index contributed by atoms with van der Waals surface area (Å²) in [6, 6.07) is 27.6. The third-order valence-corrected chi connectivity index (χ3v) is 5.94. The smallest absolute Gasteiger partial charge is 0.215 e. The minimum absolute atomic E-state index is 0.172. The lowest BCUT2D eigenvalue weighted by molar-refractivity contribution is 0.439. The molecule has 0 bridgehead atoms. The fourth-order valence-corrected chi connectivity index (χ4v) is 4.52. The average molecular weight is 410 g/mol. The van der Waals surface area contributed by atoms with E-state index in [1.165, 1.54) is 11.3 Å². The Morgan fingerprint density at radius 2 is 1.57 bits per heavy atom. The summed E-state index contributed by atoms with van der Waals surface area (Å²) in [5.41, 5.74) is 5.71. The fraction of sp³-hybridized carbons (Fsp3) is 0.0400. The molecular formula is C25H19N3OS. The van der Waals surface area contributed by atoms with Gasteiger partial charge in [0.25, 0.3) is 0 Å². The van der Waals surface area contributed by atoms with Gasteiger partial charge in [0.2, 0.25) is 5.88 Å². The van der Waals surface area contributed by atoms with Gasteiger partial charge in [-0.05, 0) is 43.3 Å². The molecule has 0 atom stereocenters. The molecule has 4 nitrogen and oxygen atoms in total. The molecule has 146 valence electrons. The van der Waals surface area contributed by atoms with Crippen LogP contribution in [0.3, 0.4) is 0 Å². The van der Waals surface area contributed by atoms with Crippen molar-refractivity contribution in [3.63, 3.8) is 0 Å². The highest BCUT2D eigenvalue weighted by Crippen LogP contribution is 2.37. The molecule has 2 heterocycles. The second kappa shape index (κ2) is 7.61. The average Bonchev–Trinajstić information content (AvgIpc) is 3.26. The Morgan fingerprint density at radius 1 is 0.900 bits per heavy atom. The molecule has 3 aromatic carbocycles. The largest absolute Gasteiger partial charge is 0.493 e. The first kappa shape index (κ1) is 18.3. The second-order valence-corrected chi connectivity index (χ2v) is 7.97. The Kier molecular flexibility index (Phi) is 4.65. The number of para-hydroxylation sites is 3. The van der Waals surface area contributed by atoms with Crippen molar-refractivity contribution in [2.45, 2.75) is 6.92 Å². The number of aliphatic imine (C=N–C) groups is 1. The van der Waals surface area contributed by atoms with Crippen molar-refractivity contribution in [3.05, 3.63) is 100 Å². The van der Waals surface area contributed by atoms with Crippen LogP contribution >= 0.6 is 11.3 Å². The van der Waals surface area contributed by atoms with E-state index < -0.39 is 0 Å². The molecule has 30 heavy (non-hydrogen) atoms. The van der Waals surface area contributed by atoms with Gasteiger partial charge >= 0.3 is 0 Å². The Hall–Kier alpha value is -3.70. The van der Waals surface area contributed by atoms with Crippen molar-refractivity contribution in [1.82, 2.24) is 4.57 Å². The Morgan fingerprint density at radius 3 is 2.33 bits per heavy atom. The highest BCUT2D eigenvalue weighted by molar-refractivity contribution is 7.10. The monoisotopic (exact) mass is 409 g/mol. The molecule has 0 aliphatic carbocycles. The standard InChI is InChI=1S/C25H19N3OS/c1-17-21(20-14-8-9-15-22(20)26-17)16-23-24(29)28(19-12-6-3-7-13-19)25(30-23)27-18-10-4-2-5-11-18/h2-16,29H,1H3. The van der Waals surface area contributed by atoms with E-state index in [1.807, 2.05) is 91.9 Å². The third-order valence-electron chi connectivity index (χ3n) is 4.97. The van der Waals surface area contributed by atoms with E-state index in [9.17, 15) is 5.11 Å². The number of rotatable bonds is 3. The summed E-state index contributed by atoms with van der Waals surface area (Å²) in [4.78, 5) is 10.9. The number of hydrogen-bond donors (Lipinski definition) is 1. The van der Waals surface area contributed by atoms with Gasteiger partial charge in [-0.25, -0.2) is 4.99 Å². The first-order valence-corrected chi connectivity index (χ1v) is 10.5. The highest BCUT2D eigenvalue weighted by Gasteiger charge is 2.20. The predicted octanol–water partition coefficient (Wildman–Crippen LogP) is 6.12. The summed E-state index contributed by atoms with van der Waals surface area (Å²) in [7, 11) is 0. The van der Waals surface area contributed by atoms with Gasteiger partial charge in [-0.1, -0.05) is 65.9 Å². The number of aromatic hydroxyl groups is 1. The van der Waals surface area contributed by atoms with Crippen molar-refractivity contribution in [3.8, 4) is 11.6 Å². The molecule has 0 radical (unpaired) electrons. The summed E-state index contributed by atoms with van der Waals surface area (Å²) in [5.74, 6) is 0.172. The maximum atomic E-state index is 11.2. The molecule has 1 aliphatic heterocycles. The molecule has 4 aromatic rings. The van der Waals surface area contributed by atoms with Gasteiger partial charge in [-0.2, -0.15) is 0 Å². The van der Waals surface area contributed by atoms with Gasteiger partial charge in [0, 0.05) is 16.8 Å². The molecule has 5 heteroatoms. The molecule has 0 saturated carbocycles. The van der Waals surface area contributed by atoms with Crippen LogP contribution in [-0.2, 0) is 0 Å². The quantitative estimate of drug-likeness (QED) is 0.435. The van der Waals surface area contributed by atoms with Gasteiger partial charge in [0.1, 0.15) is 0 Å². The van der Waals surface area contributed by atoms with Gasteiger partial charge < -0.3 is 5.11 Å². The molecule has 0 unspecified atom stereocenters. The van der Waals surface area contributed by atoms with Crippen LogP contribution in [-0.4, -0.2) is 15.4 Å². The van der Waals surface area contributed by atoms with Crippen molar-refractivity contribution < 1.29 is 5.11 Å². The number of hydrogen-bond acceptors (Lipinski definition) is 4. The van der Waals surface area contributed by atoms with Crippen molar-refractivity contribution >= 4 is 40.1 Å². The van der Waals surface area contributed by atoms with Crippen LogP contribution < -0.4 is 4.80 Å². The van der Waals surface area contributed by atoms with Crippen molar-refractivity contribution in [1.29, 1.82) is 0 Å². The topological polar surface area (TPSA) is 49.9 Å². The number of benzene rings is 3. The number of fused-ring (bicyclic) bond motifs is 1. The normalized spacial score (nSPS) is 14.8. The van der Waals surface area contributed by atoms with Gasteiger partial charge in [-0.3, -0.25) is 9.56 Å². The first-order valence-electron chi connectivity index (χ1n) is 9.67. The molecule has 5 rings (SSSR count). The Balaban J connectivity index is 1.72. The summed E-state index contributed by atoms with van der Waals surface area (Å²) in [5, 5.41) is 11.2. The van der Waals surface area contributed by atoms with E-state index in [2.05, 4.69) is 11.1 Å². The van der Waals surface area contributed by atoms with Gasteiger partial charge in [-0.15, -0.1) is 0 Å². The number of thiazole rings is 1. The lowest BCUT2D eigenvalue weighted by atomic mass is 10.0. The highest BCUT2D eigenvalue weighted by atomic mass is 32.1. The van der Waals surface area contributed by atoms with Gasteiger partial charge in [0.05, 0.1) is 21.9 Å². The minimum Gasteiger partial charge on any atom is -0.493 e. The molecular weight excluding hydrogens is 390 g/mol. The maximum absolute atomic E-state index is 11.2. The van der Waals surface area contributed by atoms with Crippen LogP contribution in [0.4, 0.5) is 11.4 Å². The van der Waals surface area contributed by atoms with Gasteiger partial charge in [0.15, 0.2) is 4.80 Å². The summed E-state index contributed by atoms with van der Waals surface area (Å²) in [6.45, 7) is 2.00. The Labute approximate surface area is 178 Å². The minimum atomic E-state index is 0.172. The summed E-state index contributed by atoms with van der Waals surface area (Å²) >= 11 is 1.45. The van der Waals surface area contributed by atoms with Crippen LogP contribution in [0.5, 0.6) is 5.88 Å². The molecule has 0 amide bonds. The van der Waals surface area contributed by atoms with Crippen molar-refractivity contribution in [2.75, 3.05) is 0 Å². The maximum Gasteiger partial charge on any atom is 0.215 e. The van der Waals surface area contributed by atoms with E-state index >= 15 is 0 Å². The number of allylic oxidation sites excluding steroid dienone is 1. The van der Waals surface area contributed by atoms with Crippen molar-refractivity contribution in [2.24, 2.45) is 9.98 Å². The molecule has 1 aliphatic rings. The SMILES string of the molecule is CC1=Nc2ccccc2C1=Cc1sc(=Nc2ccccc2)n(-c2ccccc2)c1O. The lowest BCUT2D eigenvalue weighted by Crippen LogP contribution is -2.11. The molecule has 1 aromatic heterocycles. The zero-order chi connectivity index (χ0) is 20.5.